The first-order chi connectivity index (χ1) is 10.8. The third-order valence-electron chi connectivity index (χ3n) is 4.13. The number of fused-ring (bicyclic) bond motifs is 1. The number of hydrogen-bond acceptors (Lipinski definition) is 6. The average Bonchev–Trinajstić information content (AvgIpc) is 3.24. The molecule has 0 aromatic carbocycles. The molecule has 0 radical (unpaired) electrons. The summed E-state index contributed by atoms with van der Waals surface area (Å²) in [5.74, 6) is 2.09. The summed E-state index contributed by atoms with van der Waals surface area (Å²) in [6, 6.07) is 5.86. The molecule has 2 N–H and O–H groups in total. The van der Waals surface area contributed by atoms with Crippen LogP contribution in [0.2, 0.25) is 0 Å². The number of aliphatic hydroxyl groups excluding tert-OH is 1. The highest BCUT2D eigenvalue weighted by molar-refractivity contribution is 7.08. The summed E-state index contributed by atoms with van der Waals surface area (Å²) in [7, 11) is 0. The van der Waals surface area contributed by atoms with E-state index < -0.39 is 0 Å². The quantitative estimate of drug-likeness (QED) is 0.773. The van der Waals surface area contributed by atoms with Crippen LogP contribution in [0, 0.1) is 5.92 Å². The zero-order chi connectivity index (χ0) is 14.9. The maximum atomic E-state index is 9.59. The van der Waals surface area contributed by atoms with Crippen LogP contribution in [-0.4, -0.2) is 37.6 Å². The van der Waals surface area contributed by atoms with Gasteiger partial charge < -0.3 is 10.4 Å². The van der Waals surface area contributed by atoms with Crippen molar-refractivity contribution in [1.82, 2.24) is 19.8 Å². The van der Waals surface area contributed by atoms with Crippen LogP contribution in [0.15, 0.2) is 29.0 Å². The molecule has 1 aliphatic rings. The van der Waals surface area contributed by atoms with Crippen molar-refractivity contribution in [3.05, 3.63) is 29.0 Å². The summed E-state index contributed by atoms with van der Waals surface area (Å²) < 4.78 is 1.77. The van der Waals surface area contributed by atoms with Gasteiger partial charge in [0.1, 0.15) is 5.82 Å². The van der Waals surface area contributed by atoms with Crippen molar-refractivity contribution in [2.75, 3.05) is 11.9 Å². The number of thiophene rings is 1. The first-order valence-electron chi connectivity index (χ1n) is 7.46. The van der Waals surface area contributed by atoms with Crippen LogP contribution < -0.4 is 5.32 Å². The first kappa shape index (κ1) is 13.7. The van der Waals surface area contributed by atoms with Crippen molar-refractivity contribution >= 4 is 22.8 Å². The van der Waals surface area contributed by atoms with Gasteiger partial charge in [0.15, 0.2) is 11.5 Å². The number of hydrogen-bond donors (Lipinski definition) is 2. The van der Waals surface area contributed by atoms with E-state index in [0.29, 0.717) is 5.92 Å². The molecule has 1 aliphatic carbocycles. The van der Waals surface area contributed by atoms with Crippen LogP contribution >= 0.6 is 11.3 Å². The second-order valence-electron chi connectivity index (χ2n) is 5.74. The highest BCUT2D eigenvalue weighted by atomic mass is 32.1. The fourth-order valence-corrected chi connectivity index (χ4v) is 3.57. The largest absolute Gasteiger partial charge is 0.393 e. The van der Waals surface area contributed by atoms with Crippen molar-refractivity contribution < 1.29 is 5.11 Å². The van der Waals surface area contributed by atoms with Crippen molar-refractivity contribution in [3.8, 4) is 11.4 Å². The molecule has 4 rings (SSSR count). The average molecular weight is 315 g/mol. The fraction of sp³-hybridized carbons (Fsp3) is 0.400. The molecule has 7 heteroatoms. The molecule has 1 fully saturated rings. The van der Waals surface area contributed by atoms with Crippen LogP contribution in [-0.2, 0) is 0 Å². The Morgan fingerprint density at radius 1 is 1.27 bits per heavy atom. The Labute approximate surface area is 131 Å². The molecule has 1 saturated carbocycles. The van der Waals surface area contributed by atoms with Gasteiger partial charge in [-0.1, -0.05) is 0 Å². The predicted octanol–water partition coefficient (Wildman–Crippen LogP) is 2.43. The lowest BCUT2D eigenvalue weighted by molar-refractivity contribution is 0.178. The summed E-state index contributed by atoms with van der Waals surface area (Å²) in [6.45, 7) is 0.839. The van der Waals surface area contributed by atoms with Crippen molar-refractivity contribution in [2.24, 2.45) is 5.92 Å². The number of aromatic nitrogens is 4. The topological polar surface area (TPSA) is 75.3 Å². The third kappa shape index (κ3) is 2.57. The lowest BCUT2D eigenvalue weighted by Crippen LogP contribution is -2.14. The van der Waals surface area contributed by atoms with E-state index in [9.17, 15) is 5.11 Å². The maximum Gasteiger partial charge on any atom is 0.186 e. The lowest BCUT2D eigenvalue weighted by Gasteiger charge is -2.11. The highest BCUT2D eigenvalue weighted by Gasteiger charge is 2.22. The van der Waals surface area contributed by atoms with E-state index in [0.717, 1.165) is 48.7 Å². The van der Waals surface area contributed by atoms with Gasteiger partial charge in [0.25, 0.3) is 0 Å². The van der Waals surface area contributed by atoms with Gasteiger partial charge >= 0.3 is 0 Å². The monoisotopic (exact) mass is 315 g/mol. The number of rotatable bonds is 4. The molecule has 22 heavy (non-hydrogen) atoms. The van der Waals surface area contributed by atoms with Gasteiger partial charge in [-0.25, -0.2) is 0 Å². The Hall–Kier alpha value is -1.99. The Morgan fingerprint density at radius 2 is 2.23 bits per heavy atom. The molecule has 0 spiro atoms. The molecule has 0 bridgehead atoms. The molecule has 3 aromatic rings. The summed E-state index contributed by atoms with van der Waals surface area (Å²) in [4.78, 5) is 0. The smallest absolute Gasteiger partial charge is 0.186 e. The van der Waals surface area contributed by atoms with Gasteiger partial charge in [0.2, 0.25) is 0 Å². The van der Waals surface area contributed by atoms with Gasteiger partial charge in [-0.2, -0.15) is 15.9 Å². The van der Waals surface area contributed by atoms with E-state index in [1.165, 1.54) is 0 Å². The standard InChI is InChI=1S/C15H17N5OS/c21-12-2-1-10(7-12)8-16-13-3-4-14-17-18-15(20(14)19-13)11-5-6-22-9-11/h3-6,9-10,12,21H,1-2,7-8H2,(H,16,19)/t10-,12+/m0/s1. The minimum absolute atomic E-state index is 0.134. The number of aliphatic hydroxyl groups is 1. The summed E-state index contributed by atoms with van der Waals surface area (Å²) in [5.41, 5.74) is 1.77. The van der Waals surface area contributed by atoms with Gasteiger partial charge in [-0.05, 0) is 48.8 Å². The van der Waals surface area contributed by atoms with E-state index in [2.05, 4.69) is 20.6 Å². The van der Waals surface area contributed by atoms with Crippen LogP contribution in [0.5, 0.6) is 0 Å². The van der Waals surface area contributed by atoms with Crippen LogP contribution in [0.25, 0.3) is 17.0 Å². The van der Waals surface area contributed by atoms with Gasteiger partial charge in [0.05, 0.1) is 6.10 Å². The van der Waals surface area contributed by atoms with Crippen molar-refractivity contribution in [1.29, 1.82) is 0 Å². The van der Waals surface area contributed by atoms with Crippen LogP contribution in [0.1, 0.15) is 19.3 Å². The van der Waals surface area contributed by atoms with Gasteiger partial charge in [0, 0.05) is 17.5 Å². The number of nitrogens with one attached hydrogen (secondary N) is 1. The van der Waals surface area contributed by atoms with Crippen molar-refractivity contribution in [2.45, 2.75) is 25.4 Å². The molecule has 3 aromatic heterocycles. The molecule has 6 nitrogen and oxygen atoms in total. The van der Waals surface area contributed by atoms with Crippen LogP contribution in [0.4, 0.5) is 5.82 Å². The SMILES string of the molecule is O[C@@H]1CC[C@H](CNc2ccc3nnc(-c4ccsc4)n3n2)C1. The highest BCUT2D eigenvalue weighted by Crippen LogP contribution is 2.26. The lowest BCUT2D eigenvalue weighted by atomic mass is 10.1. The van der Waals surface area contributed by atoms with Gasteiger partial charge in [-0.3, -0.25) is 0 Å². The van der Waals surface area contributed by atoms with Gasteiger partial charge in [-0.15, -0.1) is 15.3 Å². The molecule has 0 aliphatic heterocycles. The van der Waals surface area contributed by atoms with Crippen molar-refractivity contribution in [3.63, 3.8) is 0 Å². The molecular formula is C15H17N5OS. The predicted molar refractivity (Wildman–Crippen MR) is 85.9 cm³/mol. The van der Waals surface area contributed by atoms with E-state index in [1.807, 2.05) is 29.0 Å². The molecule has 0 saturated heterocycles. The second-order valence-corrected chi connectivity index (χ2v) is 6.52. The summed E-state index contributed by atoms with van der Waals surface area (Å²) in [5, 5.41) is 30.0. The summed E-state index contributed by atoms with van der Waals surface area (Å²) >= 11 is 1.63. The zero-order valence-electron chi connectivity index (χ0n) is 12.0. The molecule has 0 unspecified atom stereocenters. The molecule has 114 valence electrons. The maximum absolute atomic E-state index is 9.59. The first-order valence-corrected chi connectivity index (χ1v) is 8.41. The Bertz CT molecular complexity index is 769. The molecule has 0 amide bonds. The van der Waals surface area contributed by atoms with Crippen LogP contribution in [0.3, 0.4) is 0 Å². The fourth-order valence-electron chi connectivity index (χ4n) is 2.94. The number of nitrogens with zero attached hydrogens (tertiary/aromatic N) is 4. The molecule has 3 heterocycles. The van der Waals surface area contributed by atoms with E-state index in [-0.39, 0.29) is 6.10 Å². The second kappa shape index (κ2) is 5.66. The van der Waals surface area contributed by atoms with E-state index in [4.69, 9.17) is 0 Å². The Morgan fingerprint density at radius 3 is 3.00 bits per heavy atom. The molecule has 2 atom stereocenters. The molecular weight excluding hydrogens is 298 g/mol. The summed E-state index contributed by atoms with van der Waals surface area (Å²) in [6.07, 6.45) is 2.72. The van der Waals surface area contributed by atoms with E-state index in [1.54, 1.807) is 15.9 Å². The van der Waals surface area contributed by atoms with E-state index >= 15 is 0 Å². The zero-order valence-corrected chi connectivity index (χ0v) is 12.8. The normalized spacial score (nSPS) is 21.5. The third-order valence-corrected chi connectivity index (χ3v) is 4.81. The Kier molecular flexibility index (Phi) is 3.51. The minimum atomic E-state index is -0.134. The number of anilines is 1. The Balaban J connectivity index is 1.56. The minimum Gasteiger partial charge on any atom is -0.393 e.